The highest BCUT2D eigenvalue weighted by Crippen LogP contribution is 2.48. The summed E-state index contributed by atoms with van der Waals surface area (Å²) in [5, 5.41) is 9.09. The number of rotatable bonds is 4. The highest BCUT2D eigenvalue weighted by Gasteiger charge is 2.48. The first kappa shape index (κ1) is 10.9. The van der Waals surface area contributed by atoms with Crippen LogP contribution in [-0.4, -0.2) is 21.6 Å². The molecular formula is C10H18O2S. The van der Waals surface area contributed by atoms with Crippen molar-refractivity contribution in [1.29, 1.82) is 0 Å². The van der Waals surface area contributed by atoms with E-state index in [0.717, 1.165) is 18.6 Å². The lowest BCUT2D eigenvalue weighted by Gasteiger charge is -2.42. The van der Waals surface area contributed by atoms with Gasteiger partial charge in [0.2, 0.25) is 0 Å². The molecule has 0 saturated heterocycles. The van der Waals surface area contributed by atoms with Gasteiger partial charge in [-0.05, 0) is 30.4 Å². The van der Waals surface area contributed by atoms with Gasteiger partial charge < -0.3 is 5.11 Å². The molecule has 2 nitrogen and oxygen atoms in total. The van der Waals surface area contributed by atoms with Crippen LogP contribution in [0.15, 0.2) is 0 Å². The molecule has 76 valence electrons. The van der Waals surface area contributed by atoms with Crippen molar-refractivity contribution in [3.63, 3.8) is 0 Å². The fraction of sp³-hybridized carbons (Fsp3) is 0.900. The van der Waals surface area contributed by atoms with Gasteiger partial charge in [0.05, 0.1) is 0 Å². The Bertz CT molecular complexity index is 195. The van der Waals surface area contributed by atoms with Crippen molar-refractivity contribution in [2.24, 2.45) is 11.8 Å². The van der Waals surface area contributed by atoms with E-state index in [1.807, 2.05) is 0 Å². The molecule has 0 aromatic carbocycles. The Morgan fingerprint density at radius 3 is 2.46 bits per heavy atom. The van der Waals surface area contributed by atoms with Crippen LogP contribution in [0.1, 0.15) is 33.6 Å². The highest BCUT2D eigenvalue weighted by atomic mass is 32.2. The van der Waals surface area contributed by atoms with Crippen LogP contribution in [0.25, 0.3) is 0 Å². The Morgan fingerprint density at radius 2 is 2.15 bits per heavy atom. The molecule has 1 N–H and O–H groups in total. The lowest BCUT2D eigenvalue weighted by Crippen LogP contribution is -2.47. The van der Waals surface area contributed by atoms with Gasteiger partial charge in [0.15, 0.2) is 0 Å². The van der Waals surface area contributed by atoms with E-state index in [1.165, 1.54) is 0 Å². The minimum absolute atomic E-state index is 0.441. The van der Waals surface area contributed by atoms with E-state index in [1.54, 1.807) is 11.8 Å². The maximum atomic E-state index is 11.0. The predicted octanol–water partition coefficient (Wildman–Crippen LogP) is 2.63. The summed E-state index contributed by atoms with van der Waals surface area (Å²) in [6.07, 6.45) is 1.69. The molecule has 3 heteroatoms. The summed E-state index contributed by atoms with van der Waals surface area (Å²) in [4.78, 5) is 11.0. The number of thioether (sulfide) groups is 1. The lowest BCUT2D eigenvalue weighted by atomic mass is 9.75. The third-order valence-electron chi connectivity index (χ3n) is 2.44. The molecule has 0 atom stereocenters. The summed E-state index contributed by atoms with van der Waals surface area (Å²) in [5.41, 5.74) is 0. The van der Waals surface area contributed by atoms with Gasteiger partial charge in [0, 0.05) is 0 Å². The summed E-state index contributed by atoms with van der Waals surface area (Å²) in [7, 11) is 0. The number of hydrogen-bond donors (Lipinski definition) is 1. The molecule has 0 amide bonds. The second kappa shape index (κ2) is 3.91. The zero-order valence-corrected chi connectivity index (χ0v) is 9.36. The van der Waals surface area contributed by atoms with Gasteiger partial charge in [0.25, 0.3) is 0 Å². The van der Waals surface area contributed by atoms with E-state index >= 15 is 0 Å². The van der Waals surface area contributed by atoms with Crippen molar-refractivity contribution in [1.82, 2.24) is 0 Å². The first-order valence-electron chi connectivity index (χ1n) is 4.83. The Hall–Kier alpha value is -0.180. The summed E-state index contributed by atoms with van der Waals surface area (Å²) < 4.78 is -0.441. The highest BCUT2D eigenvalue weighted by molar-refractivity contribution is 8.01. The Labute approximate surface area is 84.1 Å². The van der Waals surface area contributed by atoms with E-state index in [9.17, 15) is 4.79 Å². The van der Waals surface area contributed by atoms with Gasteiger partial charge in [0.1, 0.15) is 4.75 Å². The molecule has 0 radical (unpaired) electrons. The fourth-order valence-corrected chi connectivity index (χ4v) is 3.33. The van der Waals surface area contributed by atoms with Crippen LogP contribution in [0.2, 0.25) is 0 Å². The van der Waals surface area contributed by atoms with E-state index in [0.29, 0.717) is 11.8 Å². The van der Waals surface area contributed by atoms with Crippen LogP contribution < -0.4 is 0 Å². The summed E-state index contributed by atoms with van der Waals surface area (Å²) in [6.45, 7) is 6.38. The summed E-state index contributed by atoms with van der Waals surface area (Å²) in [5.74, 6) is 1.52. The van der Waals surface area contributed by atoms with Crippen LogP contribution in [0.4, 0.5) is 0 Å². The number of carboxylic acid groups (broad SMARTS) is 1. The zero-order chi connectivity index (χ0) is 10.1. The van der Waals surface area contributed by atoms with Crippen LogP contribution in [0.3, 0.4) is 0 Å². The molecule has 13 heavy (non-hydrogen) atoms. The molecule has 1 aliphatic carbocycles. The van der Waals surface area contributed by atoms with Crippen molar-refractivity contribution in [3.05, 3.63) is 0 Å². The number of hydrogen-bond acceptors (Lipinski definition) is 2. The Morgan fingerprint density at radius 1 is 1.62 bits per heavy atom. The van der Waals surface area contributed by atoms with E-state index in [4.69, 9.17) is 5.11 Å². The minimum Gasteiger partial charge on any atom is -0.480 e. The molecule has 0 unspecified atom stereocenters. The smallest absolute Gasteiger partial charge is 0.319 e. The van der Waals surface area contributed by atoms with Gasteiger partial charge in [-0.1, -0.05) is 20.8 Å². The average molecular weight is 202 g/mol. The lowest BCUT2D eigenvalue weighted by molar-refractivity contribution is -0.143. The molecule has 0 bridgehead atoms. The molecule has 1 fully saturated rings. The fourth-order valence-electron chi connectivity index (χ4n) is 1.75. The van der Waals surface area contributed by atoms with Crippen molar-refractivity contribution < 1.29 is 9.90 Å². The average Bonchev–Trinajstić information content (AvgIpc) is 1.94. The predicted molar refractivity (Wildman–Crippen MR) is 56.1 cm³/mol. The molecule has 0 aromatic heterocycles. The monoisotopic (exact) mass is 202 g/mol. The minimum atomic E-state index is -0.615. The standard InChI is InChI=1S/C10H18O2S/c1-7(2)6-13-10(9(11)12)4-8(3)5-10/h7-8H,4-6H2,1-3H3,(H,11,12). The number of carboxylic acids is 1. The molecule has 1 rings (SSSR count). The maximum absolute atomic E-state index is 11.0. The van der Waals surface area contributed by atoms with Gasteiger partial charge in [-0.2, -0.15) is 0 Å². The van der Waals surface area contributed by atoms with E-state index < -0.39 is 10.7 Å². The van der Waals surface area contributed by atoms with Crippen LogP contribution in [0, 0.1) is 11.8 Å². The van der Waals surface area contributed by atoms with Crippen LogP contribution in [-0.2, 0) is 4.79 Å². The largest absolute Gasteiger partial charge is 0.480 e. The SMILES string of the molecule is CC(C)CSC1(C(=O)O)CC(C)C1. The first-order chi connectivity index (χ1) is 5.96. The molecule has 0 spiro atoms. The van der Waals surface area contributed by atoms with Crippen molar-refractivity contribution in [3.8, 4) is 0 Å². The van der Waals surface area contributed by atoms with Crippen LogP contribution >= 0.6 is 11.8 Å². The quantitative estimate of drug-likeness (QED) is 0.761. The van der Waals surface area contributed by atoms with Gasteiger partial charge >= 0.3 is 5.97 Å². The van der Waals surface area contributed by atoms with Gasteiger partial charge in [-0.25, -0.2) is 0 Å². The third kappa shape index (κ3) is 2.39. The Kier molecular flexibility index (Phi) is 3.28. The second-order valence-electron chi connectivity index (χ2n) is 4.52. The summed E-state index contributed by atoms with van der Waals surface area (Å²) in [6, 6.07) is 0. The molecule has 0 aliphatic heterocycles. The molecule has 1 aliphatic rings. The number of aliphatic carboxylic acids is 1. The van der Waals surface area contributed by atoms with E-state index in [-0.39, 0.29) is 0 Å². The van der Waals surface area contributed by atoms with E-state index in [2.05, 4.69) is 20.8 Å². The molecule has 0 aromatic rings. The van der Waals surface area contributed by atoms with Crippen molar-refractivity contribution in [2.75, 3.05) is 5.75 Å². The first-order valence-corrected chi connectivity index (χ1v) is 5.82. The molecular weight excluding hydrogens is 184 g/mol. The normalized spacial score (nSPS) is 33.1. The van der Waals surface area contributed by atoms with Crippen LogP contribution in [0.5, 0.6) is 0 Å². The molecule has 0 heterocycles. The van der Waals surface area contributed by atoms with Crippen molar-refractivity contribution >= 4 is 17.7 Å². The van der Waals surface area contributed by atoms with Gasteiger partial charge in [-0.15, -0.1) is 11.8 Å². The Balaban J connectivity index is 2.46. The summed E-state index contributed by atoms with van der Waals surface area (Å²) >= 11 is 1.63. The zero-order valence-electron chi connectivity index (χ0n) is 8.54. The van der Waals surface area contributed by atoms with Gasteiger partial charge in [-0.3, -0.25) is 4.79 Å². The molecule has 1 saturated carbocycles. The maximum Gasteiger partial charge on any atom is 0.319 e. The van der Waals surface area contributed by atoms with Crippen molar-refractivity contribution in [2.45, 2.75) is 38.4 Å². The topological polar surface area (TPSA) is 37.3 Å². The second-order valence-corrected chi connectivity index (χ2v) is 5.92. The third-order valence-corrected chi connectivity index (χ3v) is 4.33. The number of carbonyl (C=O) groups is 1.